The Labute approximate surface area is 171 Å². The number of rotatable bonds is 8. The first-order valence-corrected chi connectivity index (χ1v) is 9.89. The van der Waals surface area contributed by atoms with E-state index in [2.05, 4.69) is 10.3 Å². The second-order valence-corrected chi connectivity index (χ2v) is 7.29. The molecular formula is C20H21N3O5S. The van der Waals surface area contributed by atoms with Gasteiger partial charge in [-0.05, 0) is 42.3 Å². The predicted molar refractivity (Wildman–Crippen MR) is 110 cm³/mol. The smallest absolute Gasteiger partial charge is 0.326 e. The molecule has 0 radical (unpaired) electrons. The van der Waals surface area contributed by atoms with Crippen LogP contribution in [0.1, 0.15) is 13.3 Å². The summed E-state index contributed by atoms with van der Waals surface area (Å²) in [4.78, 5) is 41.3. The molecule has 8 nitrogen and oxygen atoms in total. The van der Waals surface area contributed by atoms with Crippen LogP contribution in [-0.2, 0) is 20.9 Å². The summed E-state index contributed by atoms with van der Waals surface area (Å²) in [5.41, 5.74) is 1.18. The molecular weight excluding hydrogens is 394 g/mol. The molecule has 0 bridgehead atoms. The first-order valence-electron chi connectivity index (χ1n) is 9.07. The third-order valence-electron chi connectivity index (χ3n) is 4.11. The number of aromatic nitrogens is 2. The standard InChI is InChI=1S/C20H21N3O5S/c1-3-8-21-17(24)11-28-18(25)10-23-12-22-15-9-16(29-19(15)20(23)26)13-4-6-14(27-2)7-5-13/h4-7,9,12H,3,8,10-11H2,1-2H3,(H,21,24). The molecule has 3 rings (SSSR count). The molecule has 0 aliphatic heterocycles. The van der Waals surface area contributed by atoms with Crippen molar-refractivity contribution in [2.75, 3.05) is 20.3 Å². The van der Waals surface area contributed by atoms with Gasteiger partial charge in [0.2, 0.25) is 0 Å². The molecule has 0 aliphatic carbocycles. The zero-order valence-electron chi connectivity index (χ0n) is 16.1. The van der Waals surface area contributed by atoms with E-state index in [0.717, 1.165) is 22.6 Å². The van der Waals surface area contributed by atoms with E-state index in [1.165, 1.54) is 22.2 Å². The number of hydrogen-bond acceptors (Lipinski definition) is 7. The fourth-order valence-corrected chi connectivity index (χ4v) is 3.67. The quantitative estimate of drug-likeness (QED) is 0.566. The molecule has 1 aromatic carbocycles. The van der Waals surface area contributed by atoms with E-state index >= 15 is 0 Å². The minimum Gasteiger partial charge on any atom is -0.497 e. The fourth-order valence-electron chi connectivity index (χ4n) is 2.60. The molecule has 152 valence electrons. The lowest BCUT2D eigenvalue weighted by atomic mass is 10.2. The molecule has 0 spiro atoms. The van der Waals surface area contributed by atoms with Crippen molar-refractivity contribution >= 4 is 33.4 Å². The lowest BCUT2D eigenvalue weighted by molar-refractivity contribution is -0.149. The minimum atomic E-state index is -0.674. The van der Waals surface area contributed by atoms with Crippen molar-refractivity contribution in [2.45, 2.75) is 19.9 Å². The molecule has 1 N–H and O–H groups in total. The van der Waals surface area contributed by atoms with Gasteiger partial charge in [0.25, 0.3) is 11.5 Å². The van der Waals surface area contributed by atoms with E-state index in [4.69, 9.17) is 9.47 Å². The van der Waals surface area contributed by atoms with Crippen molar-refractivity contribution in [3.05, 3.63) is 47.0 Å². The van der Waals surface area contributed by atoms with E-state index in [-0.39, 0.29) is 24.6 Å². The van der Waals surface area contributed by atoms with Gasteiger partial charge in [-0.15, -0.1) is 11.3 Å². The first-order chi connectivity index (χ1) is 14.0. The fraction of sp³-hybridized carbons (Fsp3) is 0.300. The third kappa shape index (κ3) is 5.00. The average Bonchev–Trinajstić information content (AvgIpc) is 3.18. The highest BCUT2D eigenvalue weighted by Crippen LogP contribution is 2.31. The number of carbonyl (C=O) groups excluding carboxylic acids is 2. The van der Waals surface area contributed by atoms with Crippen LogP contribution in [0.5, 0.6) is 5.75 Å². The number of amides is 1. The van der Waals surface area contributed by atoms with Crippen LogP contribution in [0.2, 0.25) is 0 Å². The summed E-state index contributed by atoms with van der Waals surface area (Å²) < 4.78 is 11.7. The van der Waals surface area contributed by atoms with Crippen LogP contribution in [0.15, 0.2) is 41.5 Å². The molecule has 0 saturated heterocycles. The van der Waals surface area contributed by atoms with Gasteiger partial charge in [0.15, 0.2) is 6.61 Å². The van der Waals surface area contributed by atoms with Gasteiger partial charge in [-0.3, -0.25) is 19.0 Å². The highest BCUT2D eigenvalue weighted by atomic mass is 32.1. The van der Waals surface area contributed by atoms with Gasteiger partial charge in [0.05, 0.1) is 19.0 Å². The van der Waals surface area contributed by atoms with E-state index < -0.39 is 5.97 Å². The monoisotopic (exact) mass is 415 g/mol. The Morgan fingerprint density at radius 1 is 1.24 bits per heavy atom. The largest absolute Gasteiger partial charge is 0.497 e. The molecule has 2 heterocycles. The summed E-state index contributed by atoms with van der Waals surface area (Å²) in [5.74, 6) is -0.299. The molecule has 3 aromatic rings. The van der Waals surface area contributed by atoms with Crippen LogP contribution in [0.25, 0.3) is 20.7 Å². The number of nitrogens with one attached hydrogen (secondary N) is 1. The first kappa shape index (κ1) is 20.5. The zero-order chi connectivity index (χ0) is 20.8. The number of benzene rings is 1. The van der Waals surface area contributed by atoms with Gasteiger partial charge >= 0.3 is 5.97 Å². The number of hydrogen-bond donors (Lipinski definition) is 1. The van der Waals surface area contributed by atoms with E-state index in [1.54, 1.807) is 7.11 Å². The van der Waals surface area contributed by atoms with Crippen LogP contribution in [0.3, 0.4) is 0 Å². The van der Waals surface area contributed by atoms with Crippen molar-refractivity contribution in [2.24, 2.45) is 0 Å². The number of nitrogens with zero attached hydrogens (tertiary/aromatic N) is 2. The van der Waals surface area contributed by atoms with Crippen molar-refractivity contribution in [3.8, 4) is 16.2 Å². The second kappa shape index (κ2) is 9.33. The Hall–Kier alpha value is -3.20. The van der Waals surface area contributed by atoms with Crippen molar-refractivity contribution in [1.29, 1.82) is 0 Å². The number of fused-ring (bicyclic) bond motifs is 1. The van der Waals surface area contributed by atoms with Crippen molar-refractivity contribution in [3.63, 3.8) is 0 Å². The van der Waals surface area contributed by atoms with Crippen molar-refractivity contribution in [1.82, 2.24) is 14.9 Å². The topological polar surface area (TPSA) is 99.5 Å². The van der Waals surface area contributed by atoms with Gasteiger partial charge in [0, 0.05) is 11.4 Å². The maximum atomic E-state index is 12.7. The molecule has 9 heteroatoms. The molecule has 0 atom stereocenters. The summed E-state index contributed by atoms with van der Waals surface area (Å²) in [6.07, 6.45) is 2.10. The highest BCUT2D eigenvalue weighted by Gasteiger charge is 2.14. The van der Waals surface area contributed by atoms with Crippen molar-refractivity contribution < 1.29 is 19.1 Å². The maximum Gasteiger partial charge on any atom is 0.326 e. The van der Waals surface area contributed by atoms with E-state index in [0.29, 0.717) is 16.8 Å². The molecule has 0 fully saturated rings. The van der Waals surface area contributed by atoms with Gasteiger partial charge in [-0.2, -0.15) is 0 Å². The van der Waals surface area contributed by atoms with Crippen LogP contribution in [0.4, 0.5) is 0 Å². The maximum absolute atomic E-state index is 12.7. The lowest BCUT2D eigenvalue weighted by Gasteiger charge is -2.07. The van der Waals surface area contributed by atoms with E-state index in [9.17, 15) is 14.4 Å². The third-order valence-corrected chi connectivity index (χ3v) is 5.28. The molecule has 2 aromatic heterocycles. The van der Waals surface area contributed by atoms with Crippen LogP contribution in [-0.4, -0.2) is 41.7 Å². The van der Waals surface area contributed by atoms with Crippen LogP contribution < -0.4 is 15.6 Å². The summed E-state index contributed by atoms with van der Waals surface area (Å²) >= 11 is 1.31. The Bertz CT molecular complexity index is 1070. The number of thiophene rings is 1. The Balaban J connectivity index is 1.73. The van der Waals surface area contributed by atoms with Crippen LogP contribution in [0, 0.1) is 0 Å². The lowest BCUT2D eigenvalue weighted by Crippen LogP contribution is -2.31. The number of esters is 1. The Kier molecular flexibility index (Phi) is 6.61. The minimum absolute atomic E-state index is 0.307. The summed E-state index contributed by atoms with van der Waals surface area (Å²) in [6.45, 7) is 1.76. The number of ether oxygens (including phenoxy) is 2. The predicted octanol–water partition coefficient (Wildman–Crippen LogP) is 2.20. The molecule has 1 amide bonds. The molecule has 0 unspecified atom stereocenters. The molecule has 0 aliphatic rings. The molecule has 29 heavy (non-hydrogen) atoms. The van der Waals surface area contributed by atoms with E-state index in [1.807, 2.05) is 37.3 Å². The summed E-state index contributed by atoms with van der Waals surface area (Å²) in [5, 5.41) is 2.61. The average molecular weight is 415 g/mol. The van der Waals surface area contributed by atoms with Gasteiger partial charge in [-0.25, -0.2) is 4.98 Å². The SMILES string of the molecule is CCCNC(=O)COC(=O)Cn1cnc2cc(-c3ccc(OC)cc3)sc2c1=O. The highest BCUT2D eigenvalue weighted by molar-refractivity contribution is 7.22. The Morgan fingerprint density at radius 2 is 2.00 bits per heavy atom. The van der Waals surface area contributed by atoms with Gasteiger partial charge in [0.1, 0.15) is 17.0 Å². The van der Waals surface area contributed by atoms with Gasteiger partial charge < -0.3 is 14.8 Å². The number of carbonyl (C=O) groups is 2. The summed E-state index contributed by atoms with van der Waals surface area (Å²) in [7, 11) is 1.60. The molecule has 0 saturated carbocycles. The second-order valence-electron chi connectivity index (χ2n) is 6.24. The van der Waals surface area contributed by atoms with Gasteiger partial charge in [-0.1, -0.05) is 6.92 Å². The Morgan fingerprint density at radius 3 is 2.69 bits per heavy atom. The zero-order valence-corrected chi connectivity index (χ0v) is 17.0. The van der Waals surface area contributed by atoms with Crippen LogP contribution >= 0.6 is 11.3 Å². The summed E-state index contributed by atoms with van der Waals surface area (Å²) in [6, 6.07) is 9.34. The number of methoxy groups -OCH3 is 1. The normalized spacial score (nSPS) is 10.7.